The predicted octanol–water partition coefficient (Wildman–Crippen LogP) is 2.40. The van der Waals surface area contributed by atoms with Crippen molar-refractivity contribution >= 4 is 11.8 Å². The van der Waals surface area contributed by atoms with Gasteiger partial charge in [0.1, 0.15) is 0 Å². The van der Waals surface area contributed by atoms with E-state index in [0.29, 0.717) is 17.2 Å². The molecule has 6 heteroatoms. The summed E-state index contributed by atoms with van der Waals surface area (Å²) in [7, 11) is 0. The van der Waals surface area contributed by atoms with E-state index >= 15 is 0 Å². The molecule has 1 aromatic rings. The Hall–Kier alpha value is -0.620. The SMILES string of the molecule is NCC1CCCCC1Sc1nnnn1C1CCCC1. The summed E-state index contributed by atoms with van der Waals surface area (Å²) in [6.07, 6.45) is 10.2. The Balaban J connectivity index is 1.70. The van der Waals surface area contributed by atoms with E-state index in [1.54, 1.807) is 0 Å². The fourth-order valence-corrected chi connectivity index (χ4v) is 4.75. The lowest BCUT2D eigenvalue weighted by Gasteiger charge is -2.29. The normalized spacial score (nSPS) is 28.9. The average molecular weight is 281 g/mol. The second-order valence-corrected chi connectivity index (χ2v) is 6.99. The minimum atomic E-state index is 0.525. The van der Waals surface area contributed by atoms with Crippen LogP contribution >= 0.6 is 11.8 Å². The Morgan fingerprint density at radius 1 is 1.11 bits per heavy atom. The molecule has 2 atom stereocenters. The molecule has 0 spiro atoms. The highest BCUT2D eigenvalue weighted by molar-refractivity contribution is 7.99. The molecule has 2 aliphatic carbocycles. The number of thioether (sulfide) groups is 1. The van der Waals surface area contributed by atoms with Gasteiger partial charge < -0.3 is 5.73 Å². The van der Waals surface area contributed by atoms with Gasteiger partial charge in [-0.1, -0.05) is 37.4 Å². The largest absolute Gasteiger partial charge is 0.330 e. The van der Waals surface area contributed by atoms with Gasteiger partial charge in [-0.2, -0.15) is 0 Å². The third kappa shape index (κ3) is 2.94. The van der Waals surface area contributed by atoms with E-state index in [1.807, 2.05) is 11.8 Å². The maximum atomic E-state index is 5.91. The predicted molar refractivity (Wildman–Crippen MR) is 76.0 cm³/mol. The van der Waals surface area contributed by atoms with Crippen molar-refractivity contribution in [3.8, 4) is 0 Å². The van der Waals surface area contributed by atoms with Crippen molar-refractivity contribution in [1.29, 1.82) is 0 Å². The van der Waals surface area contributed by atoms with Crippen molar-refractivity contribution in [2.75, 3.05) is 6.54 Å². The van der Waals surface area contributed by atoms with Crippen LogP contribution in [-0.4, -0.2) is 32.0 Å². The Bertz CT molecular complexity index is 401. The van der Waals surface area contributed by atoms with Gasteiger partial charge in [0, 0.05) is 5.25 Å². The zero-order valence-corrected chi connectivity index (χ0v) is 12.2. The number of rotatable bonds is 4. The van der Waals surface area contributed by atoms with Gasteiger partial charge in [0.2, 0.25) is 5.16 Å². The molecule has 0 bridgehead atoms. The summed E-state index contributed by atoms with van der Waals surface area (Å²) >= 11 is 1.86. The van der Waals surface area contributed by atoms with Crippen molar-refractivity contribution in [3.05, 3.63) is 0 Å². The molecule has 2 fully saturated rings. The minimum Gasteiger partial charge on any atom is -0.330 e. The molecule has 1 heterocycles. The Kier molecular flexibility index (Phi) is 4.38. The fourth-order valence-electron chi connectivity index (χ4n) is 3.37. The van der Waals surface area contributed by atoms with Crippen LogP contribution in [0.2, 0.25) is 0 Å². The number of hydrogen-bond donors (Lipinski definition) is 1. The topological polar surface area (TPSA) is 69.6 Å². The van der Waals surface area contributed by atoms with Gasteiger partial charge >= 0.3 is 0 Å². The van der Waals surface area contributed by atoms with Crippen LogP contribution in [0.25, 0.3) is 0 Å². The number of tetrazole rings is 1. The summed E-state index contributed by atoms with van der Waals surface area (Å²) in [5.74, 6) is 0.632. The molecule has 19 heavy (non-hydrogen) atoms. The molecule has 106 valence electrons. The summed E-state index contributed by atoms with van der Waals surface area (Å²) in [5, 5.41) is 14.0. The molecule has 0 aromatic carbocycles. The van der Waals surface area contributed by atoms with E-state index in [-0.39, 0.29) is 0 Å². The summed E-state index contributed by atoms with van der Waals surface area (Å²) in [6, 6.07) is 0.525. The molecule has 2 N–H and O–H groups in total. The first-order valence-corrected chi connectivity index (χ1v) is 8.41. The maximum Gasteiger partial charge on any atom is 0.209 e. The Morgan fingerprint density at radius 2 is 1.84 bits per heavy atom. The van der Waals surface area contributed by atoms with Crippen LogP contribution in [0.1, 0.15) is 57.4 Å². The first-order chi connectivity index (χ1) is 9.38. The first-order valence-electron chi connectivity index (χ1n) is 7.53. The van der Waals surface area contributed by atoms with E-state index in [4.69, 9.17) is 5.73 Å². The minimum absolute atomic E-state index is 0.525. The van der Waals surface area contributed by atoms with Crippen LogP contribution < -0.4 is 5.73 Å². The molecule has 1 aromatic heterocycles. The van der Waals surface area contributed by atoms with Gasteiger partial charge in [-0.3, -0.25) is 0 Å². The molecule has 0 radical (unpaired) electrons. The van der Waals surface area contributed by atoms with Crippen molar-refractivity contribution in [2.45, 2.75) is 67.8 Å². The van der Waals surface area contributed by atoms with Crippen molar-refractivity contribution in [3.63, 3.8) is 0 Å². The van der Waals surface area contributed by atoms with Crippen LogP contribution in [0.15, 0.2) is 5.16 Å². The highest BCUT2D eigenvalue weighted by atomic mass is 32.2. The molecule has 5 nitrogen and oxygen atoms in total. The third-order valence-electron chi connectivity index (χ3n) is 4.53. The highest BCUT2D eigenvalue weighted by Crippen LogP contribution is 2.38. The second-order valence-electron chi connectivity index (χ2n) is 5.78. The number of nitrogens with two attached hydrogens (primary N) is 1. The van der Waals surface area contributed by atoms with Crippen LogP contribution in [0, 0.1) is 5.92 Å². The zero-order valence-electron chi connectivity index (χ0n) is 11.4. The van der Waals surface area contributed by atoms with Gasteiger partial charge in [-0.15, -0.1) is 5.10 Å². The van der Waals surface area contributed by atoms with Gasteiger partial charge in [0.25, 0.3) is 0 Å². The number of nitrogens with zero attached hydrogens (tertiary/aromatic N) is 4. The lowest BCUT2D eigenvalue weighted by atomic mass is 9.89. The summed E-state index contributed by atoms with van der Waals surface area (Å²) < 4.78 is 2.07. The van der Waals surface area contributed by atoms with E-state index in [0.717, 1.165) is 11.7 Å². The van der Waals surface area contributed by atoms with E-state index in [9.17, 15) is 0 Å². The van der Waals surface area contributed by atoms with Gasteiger partial charge in [-0.25, -0.2) is 4.68 Å². The quantitative estimate of drug-likeness (QED) is 0.917. The average Bonchev–Trinajstić information content (AvgIpc) is 3.09. The molecule has 2 saturated carbocycles. The van der Waals surface area contributed by atoms with E-state index in [2.05, 4.69) is 20.2 Å². The molecular weight excluding hydrogens is 258 g/mol. The van der Waals surface area contributed by atoms with Gasteiger partial charge in [0.15, 0.2) is 0 Å². The zero-order chi connectivity index (χ0) is 13.1. The molecule has 0 aliphatic heterocycles. The molecule has 0 saturated heterocycles. The van der Waals surface area contributed by atoms with E-state index < -0.39 is 0 Å². The molecule has 2 aliphatic rings. The van der Waals surface area contributed by atoms with Crippen LogP contribution in [0.3, 0.4) is 0 Å². The van der Waals surface area contributed by atoms with Crippen LogP contribution in [0.4, 0.5) is 0 Å². The fraction of sp³-hybridized carbons (Fsp3) is 0.923. The second kappa shape index (κ2) is 6.22. The standard InChI is InChI=1S/C13H23N5S/c14-9-10-5-1-4-8-12(10)19-13-15-16-17-18(13)11-6-2-3-7-11/h10-12H,1-9,14H2. The summed E-state index contributed by atoms with van der Waals surface area (Å²) in [6.45, 7) is 0.794. The van der Waals surface area contributed by atoms with E-state index in [1.165, 1.54) is 51.4 Å². The van der Waals surface area contributed by atoms with Crippen molar-refractivity contribution in [1.82, 2.24) is 20.2 Å². The Labute approximate surface area is 118 Å². The number of hydrogen-bond acceptors (Lipinski definition) is 5. The maximum absolute atomic E-state index is 5.91. The summed E-state index contributed by atoms with van der Waals surface area (Å²) in [4.78, 5) is 0. The molecule has 3 rings (SSSR count). The molecule has 0 amide bonds. The highest BCUT2D eigenvalue weighted by Gasteiger charge is 2.28. The number of aromatic nitrogens is 4. The van der Waals surface area contributed by atoms with Crippen molar-refractivity contribution in [2.24, 2.45) is 11.7 Å². The lowest BCUT2D eigenvalue weighted by Crippen LogP contribution is -2.29. The van der Waals surface area contributed by atoms with Gasteiger partial charge in [0.05, 0.1) is 6.04 Å². The first kappa shape index (κ1) is 13.4. The van der Waals surface area contributed by atoms with Crippen molar-refractivity contribution < 1.29 is 0 Å². The third-order valence-corrected chi connectivity index (χ3v) is 5.93. The van der Waals surface area contributed by atoms with Crippen LogP contribution in [0.5, 0.6) is 0 Å². The van der Waals surface area contributed by atoms with Gasteiger partial charge in [-0.05, 0) is 48.6 Å². The van der Waals surface area contributed by atoms with Crippen LogP contribution in [-0.2, 0) is 0 Å². The Morgan fingerprint density at radius 3 is 2.63 bits per heavy atom. The smallest absolute Gasteiger partial charge is 0.209 e. The monoisotopic (exact) mass is 281 g/mol. The molecule has 2 unspecified atom stereocenters. The summed E-state index contributed by atoms with van der Waals surface area (Å²) in [5.41, 5.74) is 5.91. The molecular formula is C13H23N5S. The lowest BCUT2D eigenvalue weighted by molar-refractivity contribution is 0.375.